The lowest BCUT2D eigenvalue weighted by atomic mass is 10.1. The first-order valence-electron chi connectivity index (χ1n) is 6.65. The van der Waals surface area contributed by atoms with Gasteiger partial charge in [0.2, 0.25) is 0 Å². The molecule has 0 fully saturated rings. The number of nitrogens with one attached hydrogen (secondary N) is 1. The first-order chi connectivity index (χ1) is 9.95. The fourth-order valence-electron chi connectivity index (χ4n) is 2.06. The van der Waals surface area contributed by atoms with Gasteiger partial charge < -0.3 is 14.8 Å². The Morgan fingerprint density at radius 3 is 2.38 bits per heavy atom. The highest BCUT2D eigenvalue weighted by atomic mass is 16.4. The first kappa shape index (κ1) is 14.8. The Hall–Kier alpha value is -2.56. The maximum atomic E-state index is 12.1. The van der Waals surface area contributed by atoms with E-state index in [-0.39, 0.29) is 12.3 Å². The Morgan fingerprint density at radius 1 is 1.19 bits per heavy atom. The van der Waals surface area contributed by atoms with Crippen LogP contribution in [0.5, 0.6) is 0 Å². The Balaban J connectivity index is 2.01. The number of carboxylic acid groups (broad SMARTS) is 1. The second-order valence-corrected chi connectivity index (χ2v) is 4.87. The average molecular weight is 287 g/mol. The van der Waals surface area contributed by atoms with Crippen LogP contribution in [-0.4, -0.2) is 17.0 Å². The second-order valence-electron chi connectivity index (χ2n) is 4.87. The number of aryl methyl sites for hydroxylation is 3. The lowest BCUT2D eigenvalue weighted by Crippen LogP contribution is -2.12. The van der Waals surface area contributed by atoms with E-state index in [0.717, 1.165) is 5.56 Å². The summed E-state index contributed by atoms with van der Waals surface area (Å²) in [4.78, 5) is 22.6. The molecule has 0 radical (unpaired) electrons. The summed E-state index contributed by atoms with van der Waals surface area (Å²) in [5, 5.41) is 11.4. The summed E-state index contributed by atoms with van der Waals surface area (Å²) < 4.78 is 5.33. The van der Waals surface area contributed by atoms with E-state index in [4.69, 9.17) is 9.52 Å². The van der Waals surface area contributed by atoms with Gasteiger partial charge >= 0.3 is 5.97 Å². The Morgan fingerprint density at radius 2 is 1.86 bits per heavy atom. The largest absolute Gasteiger partial charge is 0.481 e. The van der Waals surface area contributed by atoms with Gasteiger partial charge in [0.25, 0.3) is 5.91 Å². The number of anilines is 1. The van der Waals surface area contributed by atoms with Gasteiger partial charge in [0.05, 0.1) is 5.56 Å². The number of furan rings is 1. The number of hydrogen-bond donors (Lipinski definition) is 2. The molecule has 0 spiro atoms. The van der Waals surface area contributed by atoms with Crippen LogP contribution in [-0.2, 0) is 11.2 Å². The highest BCUT2D eigenvalue weighted by molar-refractivity contribution is 6.05. The standard InChI is InChI=1S/C16H17NO4/c1-10-9-14(11(2)21-10)16(20)17-13-6-3-12(4-7-13)5-8-15(18)19/h3-4,6-7,9H,5,8H2,1-2H3,(H,17,20)(H,18,19). The van der Waals surface area contributed by atoms with Gasteiger partial charge in [0.1, 0.15) is 11.5 Å². The van der Waals surface area contributed by atoms with Gasteiger partial charge in [-0.2, -0.15) is 0 Å². The van der Waals surface area contributed by atoms with Gasteiger partial charge in [-0.3, -0.25) is 9.59 Å². The van der Waals surface area contributed by atoms with Crippen molar-refractivity contribution in [3.05, 3.63) is 53.0 Å². The van der Waals surface area contributed by atoms with Gasteiger partial charge in [-0.25, -0.2) is 0 Å². The minimum absolute atomic E-state index is 0.0964. The highest BCUT2D eigenvalue weighted by Gasteiger charge is 2.13. The summed E-state index contributed by atoms with van der Waals surface area (Å²) in [6.07, 6.45) is 0.572. The number of hydrogen-bond acceptors (Lipinski definition) is 3. The molecule has 0 aliphatic carbocycles. The normalized spacial score (nSPS) is 10.4. The van der Waals surface area contributed by atoms with Crippen LogP contribution >= 0.6 is 0 Å². The zero-order chi connectivity index (χ0) is 15.4. The van der Waals surface area contributed by atoms with E-state index < -0.39 is 5.97 Å². The maximum absolute atomic E-state index is 12.1. The molecule has 1 heterocycles. The first-order valence-corrected chi connectivity index (χ1v) is 6.65. The van der Waals surface area contributed by atoms with Crippen LogP contribution in [0.2, 0.25) is 0 Å². The molecule has 5 heteroatoms. The number of carboxylic acids is 1. The Labute approximate surface area is 122 Å². The third-order valence-corrected chi connectivity index (χ3v) is 3.12. The van der Waals surface area contributed by atoms with Crippen LogP contribution in [0.1, 0.15) is 33.9 Å². The minimum atomic E-state index is -0.821. The van der Waals surface area contributed by atoms with Crippen molar-refractivity contribution >= 4 is 17.6 Å². The van der Waals surface area contributed by atoms with Crippen molar-refractivity contribution in [2.75, 3.05) is 5.32 Å². The highest BCUT2D eigenvalue weighted by Crippen LogP contribution is 2.17. The van der Waals surface area contributed by atoms with E-state index in [9.17, 15) is 9.59 Å². The van der Waals surface area contributed by atoms with Crippen molar-refractivity contribution in [2.45, 2.75) is 26.7 Å². The van der Waals surface area contributed by atoms with Gasteiger partial charge in [0, 0.05) is 12.1 Å². The molecule has 2 rings (SSSR count). The summed E-state index contributed by atoms with van der Waals surface area (Å²) in [6, 6.07) is 8.85. The Kier molecular flexibility index (Phi) is 4.42. The smallest absolute Gasteiger partial charge is 0.303 e. The second kappa shape index (κ2) is 6.26. The molecule has 0 unspecified atom stereocenters. The molecule has 0 aliphatic heterocycles. The third kappa shape index (κ3) is 3.95. The zero-order valence-electron chi connectivity index (χ0n) is 12.0. The van der Waals surface area contributed by atoms with E-state index in [1.54, 1.807) is 32.0 Å². The van der Waals surface area contributed by atoms with E-state index in [2.05, 4.69) is 5.32 Å². The van der Waals surface area contributed by atoms with Crippen molar-refractivity contribution in [2.24, 2.45) is 0 Å². The van der Waals surface area contributed by atoms with E-state index in [1.807, 2.05) is 12.1 Å². The number of benzene rings is 1. The van der Waals surface area contributed by atoms with Crippen LogP contribution in [0.25, 0.3) is 0 Å². The van der Waals surface area contributed by atoms with Crippen LogP contribution in [0.3, 0.4) is 0 Å². The van der Waals surface area contributed by atoms with Gasteiger partial charge in [0.15, 0.2) is 0 Å². The number of carbonyl (C=O) groups is 2. The van der Waals surface area contributed by atoms with Crippen LogP contribution in [0.4, 0.5) is 5.69 Å². The molecule has 21 heavy (non-hydrogen) atoms. The summed E-state index contributed by atoms with van der Waals surface area (Å²) in [7, 11) is 0. The van der Waals surface area contributed by atoms with Crippen LogP contribution in [0, 0.1) is 13.8 Å². The molecule has 0 saturated heterocycles. The van der Waals surface area contributed by atoms with E-state index >= 15 is 0 Å². The molecule has 0 atom stereocenters. The molecule has 0 saturated carbocycles. The molecular weight excluding hydrogens is 270 g/mol. The molecule has 5 nitrogen and oxygen atoms in total. The maximum Gasteiger partial charge on any atom is 0.303 e. The molecule has 110 valence electrons. The summed E-state index contributed by atoms with van der Waals surface area (Å²) >= 11 is 0. The van der Waals surface area contributed by atoms with Gasteiger partial charge in [-0.1, -0.05) is 12.1 Å². The fraction of sp³-hybridized carbons (Fsp3) is 0.250. The third-order valence-electron chi connectivity index (χ3n) is 3.12. The predicted octanol–water partition coefficient (Wildman–Crippen LogP) is 3.17. The monoisotopic (exact) mass is 287 g/mol. The molecule has 2 N–H and O–H groups in total. The van der Waals surface area contributed by atoms with E-state index in [0.29, 0.717) is 29.2 Å². The van der Waals surface area contributed by atoms with Crippen molar-refractivity contribution in [3.63, 3.8) is 0 Å². The molecule has 1 aromatic carbocycles. The van der Waals surface area contributed by atoms with E-state index in [1.165, 1.54) is 0 Å². The number of amides is 1. The molecule has 1 aromatic heterocycles. The lowest BCUT2D eigenvalue weighted by molar-refractivity contribution is -0.136. The summed E-state index contributed by atoms with van der Waals surface area (Å²) in [6.45, 7) is 3.54. The van der Waals surface area contributed by atoms with Crippen molar-refractivity contribution < 1.29 is 19.1 Å². The molecule has 1 amide bonds. The SMILES string of the molecule is Cc1cc(C(=O)Nc2ccc(CCC(=O)O)cc2)c(C)o1. The number of carbonyl (C=O) groups excluding carboxylic acids is 1. The summed E-state index contributed by atoms with van der Waals surface area (Å²) in [5.74, 6) is 0.241. The predicted molar refractivity (Wildman–Crippen MR) is 78.5 cm³/mol. The molecule has 0 bridgehead atoms. The number of aliphatic carboxylic acids is 1. The molecular formula is C16H17NO4. The molecule has 2 aromatic rings. The van der Waals surface area contributed by atoms with Crippen molar-refractivity contribution in [3.8, 4) is 0 Å². The topological polar surface area (TPSA) is 79.5 Å². The molecule has 0 aliphatic rings. The average Bonchev–Trinajstić information content (AvgIpc) is 2.77. The van der Waals surface area contributed by atoms with Gasteiger partial charge in [-0.15, -0.1) is 0 Å². The summed E-state index contributed by atoms with van der Waals surface area (Å²) in [5.41, 5.74) is 2.10. The number of rotatable bonds is 5. The van der Waals surface area contributed by atoms with Crippen molar-refractivity contribution in [1.29, 1.82) is 0 Å². The lowest BCUT2D eigenvalue weighted by Gasteiger charge is -2.05. The quantitative estimate of drug-likeness (QED) is 0.885. The Bertz CT molecular complexity index is 655. The van der Waals surface area contributed by atoms with Crippen molar-refractivity contribution in [1.82, 2.24) is 0 Å². The van der Waals surface area contributed by atoms with Crippen LogP contribution in [0.15, 0.2) is 34.7 Å². The van der Waals surface area contributed by atoms with Gasteiger partial charge in [-0.05, 0) is 44.0 Å². The van der Waals surface area contributed by atoms with Crippen LogP contribution < -0.4 is 5.32 Å². The fourth-order valence-corrected chi connectivity index (χ4v) is 2.06. The minimum Gasteiger partial charge on any atom is -0.481 e. The zero-order valence-corrected chi connectivity index (χ0v) is 12.0.